The van der Waals surface area contributed by atoms with E-state index in [4.69, 9.17) is 19.9 Å². The molecule has 0 heterocycles. The number of nitrogens with one attached hydrogen (secondary N) is 1. The van der Waals surface area contributed by atoms with E-state index < -0.39 is 5.97 Å². The minimum absolute atomic E-state index is 0.0641. The van der Waals surface area contributed by atoms with Gasteiger partial charge in [-0.15, -0.1) is 0 Å². The molecule has 182 valence electrons. The molecule has 1 saturated carbocycles. The van der Waals surface area contributed by atoms with E-state index in [1.54, 1.807) is 24.3 Å². The molecule has 2 atom stereocenters. The molecule has 7 nitrogen and oxygen atoms in total. The molecule has 2 unspecified atom stereocenters. The van der Waals surface area contributed by atoms with Crippen LogP contribution in [0.15, 0.2) is 72.8 Å². The van der Waals surface area contributed by atoms with E-state index in [0.29, 0.717) is 22.7 Å². The number of anilines is 1. The van der Waals surface area contributed by atoms with Crippen molar-refractivity contribution >= 4 is 17.6 Å². The van der Waals surface area contributed by atoms with Gasteiger partial charge in [-0.3, -0.25) is 4.79 Å². The van der Waals surface area contributed by atoms with Crippen molar-refractivity contribution < 1.29 is 23.8 Å². The number of rotatable bonds is 8. The summed E-state index contributed by atoms with van der Waals surface area (Å²) in [7, 11) is 1.31. The number of esters is 1. The molecule has 3 aromatic carbocycles. The largest absolute Gasteiger partial charge is 0.489 e. The van der Waals surface area contributed by atoms with E-state index >= 15 is 0 Å². The van der Waals surface area contributed by atoms with Crippen molar-refractivity contribution in [1.29, 1.82) is 0 Å². The predicted molar refractivity (Wildman–Crippen MR) is 134 cm³/mol. The van der Waals surface area contributed by atoms with Crippen molar-refractivity contribution in [3.05, 3.63) is 83.9 Å². The minimum Gasteiger partial charge on any atom is -0.489 e. The van der Waals surface area contributed by atoms with Gasteiger partial charge < -0.3 is 25.3 Å². The molecule has 3 aromatic rings. The van der Waals surface area contributed by atoms with E-state index in [9.17, 15) is 9.59 Å². The molecule has 0 bridgehead atoms. The fraction of sp³-hybridized carbons (Fsp3) is 0.286. The van der Waals surface area contributed by atoms with Gasteiger partial charge in [0.25, 0.3) is 0 Å². The Hall–Kier alpha value is -3.84. The third kappa shape index (κ3) is 6.61. The summed E-state index contributed by atoms with van der Waals surface area (Å²) in [6, 6.07) is 21.6. The first-order valence-corrected chi connectivity index (χ1v) is 11.8. The molecule has 1 aliphatic rings. The number of para-hydroxylation sites is 1. The quantitative estimate of drug-likeness (QED) is 0.441. The molecular weight excluding hydrogens is 444 g/mol. The van der Waals surface area contributed by atoms with Gasteiger partial charge in [0.15, 0.2) is 0 Å². The summed E-state index contributed by atoms with van der Waals surface area (Å²) in [5, 5.41) is 2.78. The normalized spacial score (nSPS) is 17.3. The maximum atomic E-state index is 12.5. The highest BCUT2D eigenvalue weighted by Gasteiger charge is 2.23. The molecule has 1 aliphatic carbocycles. The number of hydrogen-bond acceptors (Lipinski definition) is 6. The summed E-state index contributed by atoms with van der Waals surface area (Å²) in [4.78, 5) is 24.4. The standard InChI is InChI=1S/C28H30N2O5/c1-33-28(32)23-6-2-4-8-25(23)30-27(31)18-19-10-12-20(13-11-19)34-21-14-16-22(17-15-21)35-26-9-5-3-7-24(26)29/h2,4,6,8,10-17,24,26H,3,5,7,9,18,29H2,1H3,(H,30,31). The minimum atomic E-state index is -0.500. The smallest absolute Gasteiger partial charge is 0.339 e. The van der Waals surface area contributed by atoms with E-state index in [1.807, 2.05) is 48.5 Å². The Morgan fingerprint density at radius 1 is 0.886 bits per heavy atom. The molecule has 7 heteroatoms. The van der Waals surface area contributed by atoms with Crippen molar-refractivity contribution in [2.75, 3.05) is 12.4 Å². The number of hydrogen-bond donors (Lipinski definition) is 2. The van der Waals surface area contributed by atoms with Gasteiger partial charge in [-0.05, 0) is 73.4 Å². The summed E-state index contributed by atoms with van der Waals surface area (Å²) < 4.78 is 16.7. The first-order valence-electron chi connectivity index (χ1n) is 11.8. The second kappa shape index (κ2) is 11.5. The van der Waals surface area contributed by atoms with Gasteiger partial charge in [0.05, 0.1) is 24.8 Å². The molecule has 0 radical (unpaired) electrons. The SMILES string of the molecule is COC(=O)c1ccccc1NC(=O)Cc1ccc(Oc2ccc(OC3CCCCC3N)cc2)cc1. The topological polar surface area (TPSA) is 99.9 Å². The van der Waals surface area contributed by atoms with Crippen LogP contribution in [0.2, 0.25) is 0 Å². The zero-order chi connectivity index (χ0) is 24.6. The average molecular weight is 475 g/mol. The Morgan fingerprint density at radius 2 is 1.51 bits per heavy atom. The monoisotopic (exact) mass is 474 g/mol. The number of ether oxygens (including phenoxy) is 3. The fourth-order valence-corrected chi connectivity index (χ4v) is 4.10. The lowest BCUT2D eigenvalue weighted by molar-refractivity contribution is -0.115. The summed E-state index contributed by atoms with van der Waals surface area (Å²) in [6.07, 6.45) is 4.53. The third-order valence-electron chi connectivity index (χ3n) is 6.00. The van der Waals surface area contributed by atoms with E-state index in [1.165, 1.54) is 13.5 Å². The zero-order valence-corrected chi connectivity index (χ0v) is 19.7. The molecule has 0 aromatic heterocycles. The maximum Gasteiger partial charge on any atom is 0.339 e. The molecule has 1 fully saturated rings. The van der Waals surface area contributed by atoms with E-state index in [-0.39, 0.29) is 24.5 Å². The second-order valence-corrected chi connectivity index (χ2v) is 8.58. The van der Waals surface area contributed by atoms with Crippen molar-refractivity contribution in [3.8, 4) is 17.2 Å². The summed E-state index contributed by atoms with van der Waals surface area (Å²) in [5.74, 6) is 1.40. The number of carbonyl (C=O) groups excluding carboxylic acids is 2. The summed E-state index contributed by atoms with van der Waals surface area (Å²) in [6.45, 7) is 0. The molecule has 0 spiro atoms. The Bertz CT molecular complexity index is 1140. The van der Waals surface area contributed by atoms with Gasteiger partial charge in [0.1, 0.15) is 23.4 Å². The number of carbonyl (C=O) groups is 2. The van der Waals surface area contributed by atoms with Crippen LogP contribution in [0.4, 0.5) is 5.69 Å². The number of benzene rings is 3. The van der Waals surface area contributed by atoms with E-state index in [2.05, 4.69) is 5.32 Å². The Morgan fingerprint density at radius 3 is 2.20 bits per heavy atom. The fourth-order valence-electron chi connectivity index (χ4n) is 4.10. The average Bonchev–Trinajstić information content (AvgIpc) is 2.87. The second-order valence-electron chi connectivity index (χ2n) is 8.58. The van der Waals surface area contributed by atoms with Crippen molar-refractivity contribution in [1.82, 2.24) is 0 Å². The molecule has 0 saturated heterocycles. The number of methoxy groups -OCH3 is 1. The Balaban J connectivity index is 1.30. The highest BCUT2D eigenvalue weighted by Crippen LogP contribution is 2.27. The van der Waals surface area contributed by atoms with Crippen LogP contribution in [-0.4, -0.2) is 31.1 Å². The van der Waals surface area contributed by atoms with Crippen molar-refractivity contribution in [2.24, 2.45) is 5.73 Å². The lowest BCUT2D eigenvalue weighted by Crippen LogP contribution is -2.41. The third-order valence-corrected chi connectivity index (χ3v) is 6.00. The number of amides is 1. The summed E-state index contributed by atoms with van der Waals surface area (Å²) >= 11 is 0. The van der Waals surface area contributed by atoms with Crippen LogP contribution in [0, 0.1) is 0 Å². The van der Waals surface area contributed by atoms with Crippen molar-refractivity contribution in [3.63, 3.8) is 0 Å². The van der Waals surface area contributed by atoms with Gasteiger partial charge in [0, 0.05) is 6.04 Å². The van der Waals surface area contributed by atoms with Gasteiger partial charge in [-0.25, -0.2) is 4.79 Å². The van der Waals surface area contributed by atoms with E-state index in [0.717, 1.165) is 30.6 Å². The summed E-state index contributed by atoms with van der Waals surface area (Å²) in [5.41, 5.74) is 7.72. The van der Waals surface area contributed by atoms with Gasteiger partial charge >= 0.3 is 5.97 Å². The molecule has 3 N–H and O–H groups in total. The highest BCUT2D eigenvalue weighted by molar-refractivity contribution is 6.01. The Kier molecular flexibility index (Phi) is 8.00. The first kappa shape index (κ1) is 24.3. The predicted octanol–water partition coefficient (Wildman–Crippen LogP) is 5.10. The van der Waals surface area contributed by atoms with Crippen LogP contribution in [0.1, 0.15) is 41.6 Å². The number of nitrogens with two attached hydrogens (primary N) is 1. The Labute approximate surface area is 205 Å². The van der Waals surface area contributed by atoms with Gasteiger partial charge in [0.2, 0.25) is 5.91 Å². The maximum absolute atomic E-state index is 12.5. The molecule has 35 heavy (non-hydrogen) atoms. The van der Waals surface area contributed by atoms with Crippen LogP contribution in [0.3, 0.4) is 0 Å². The molecule has 1 amide bonds. The van der Waals surface area contributed by atoms with Crippen LogP contribution < -0.4 is 20.5 Å². The highest BCUT2D eigenvalue weighted by atomic mass is 16.5. The van der Waals surface area contributed by atoms with Crippen LogP contribution in [0.5, 0.6) is 17.2 Å². The lowest BCUT2D eigenvalue weighted by Gasteiger charge is -2.29. The zero-order valence-electron chi connectivity index (χ0n) is 19.7. The van der Waals surface area contributed by atoms with Crippen LogP contribution >= 0.6 is 0 Å². The van der Waals surface area contributed by atoms with Crippen LogP contribution in [-0.2, 0) is 16.0 Å². The molecule has 4 rings (SSSR count). The van der Waals surface area contributed by atoms with Crippen molar-refractivity contribution in [2.45, 2.75) is 44.2 Å². The molecular formula is C28H30N2O5. The lowest BCUT2D eigenvalue weighted by atomic mass is 9.93. The van der Waals surface area contributed by atoms with Gasteiger partial charge in [-0.2, -0.15) is 0 Å². The van der Waals surface area contributed by atoms with Crippen LogP contribution in [0.25, 0.3) is 0 Å². The first-order chi connectivity index (χ1) is 17.0. The van der Waals surface area contributed by atoms with Gasteiger partial charge in [-0.1, -0.05) is 30.7 Å². The molecule has 0 aliphatic heterocycles.